The number of ketones is 2. The fraction of sp³-hybridized carbons (Fsp3) is 0.711. The Bertz CT molecular complexity index is 3160. The molecule has 3 N–H and O–H groups in total. The highest BCUT2D eigenvalue weighted by atomic mass is 16.6. The summed E-state index contributed by atoms with van der Waals surface area (Å²) in [5.74, 6) is -5.96. The van der Waals surface area contributed by atoms with Crippen LogP contribution in [0.4, 0.5) is 16.7 Å². The van der Waals surface area contributed by atoms with Gasteiger partial charge in [0.1, 0.15) is 30.5 Å². The van der Waals surface area contributed by atoms with Crippen LogP contribution in [0.5, 0.6) is 0 Å². The van der Waals surface area contributed by atoms with E-state index in [9.17, 15) is 39.0 Å². The summed E-state index contributed by atoms with van der Waals surface area (Å²) < 4.78 is 48.6. The number of fused-ring (bicyclic) bond motifs is 3. The highest BCUT2D eigenvalue weighted by Gasteiger charge is 2.53. The molecule has 2 unspecified atom stereocenters. The van der Waals surface area contributed by atoms with Crippen LogP contribution in [0.2, 0.25) is 0 Å². The molecule has 26 heteroatoms. The summed E-state index contributed by atoms with van der Waals surface area (Å²) in [6, 6.07) is -1.14. The van der Waals surface area contributed by atoms with Gasteiger partial charge in [-0.15, -0.1) is 0 Å². The Morgan fingerprint density at radius 3 is 2.06 bits per heavy atom. The molecule has 16 atom stereocenters. The quantitative estimate of drug-likeness (QED) is 0.0569. The number of aliphatic hydroxyl groups is 2. The van der Waals surface area contributed by atoms with Crippen LogP contribution in [0, 0.1) is 42.4 Å². The van der Waals surface area contributed by atoms with E-state index in [0.29, 0.717) is 127 Å². The number of allylic oxidation sites excluding steroid dienone is 5. The van der Waals surface area contributed by atoms with Crippen LogP contribution in [0.3, 0.4) is 0 Å². The summed E-state index contributed by atoms with van der Waals surface area (Å²) in [5.41, 5.74) is 3.10. The SMILES string of the molecule is CO[C@H]1C[C@@H]2CC[C@@H](C)[C@@](O)(O2)C(=O)C(=O)N2CCCC[C@H]2C(=O)O[C@H]([C@H](C)CC2CC[C@@H](OC(=O)NCc3cnc(N4CCN(C(=O)CCOCCN5CCN(c6ncc(C)cn6)CC5)CC4)nc3)[C@H](OC)C2)C[C@@H](OC)[C@H](C)/C=C(\C)[C@@H](O)[C@@H](OC)C(=O)C(C)C[C@H](C)/C=C/C=C/C=C/1C. The number of ether oxygens (including phenoxy) is 8. The standard InChI is InChI=1S/C76H116N10O16/c1-49-18-14-13-15-19-51(3)62(95-9)42-59-23-21-56(8)76(94,102-59)70(90)71(91)86-26-17-16-20-60(86)72(92)100-64(43-63(96-10)52(4)39-55(7)68(89)69(98-12)67(88)54(6)38-49)53(5)40-57-22-24-61(65(41-57)97-11)101-75(93)81-48-58-46-79-74(80-47-58)85-33-31-83(32-34-85)66(87)25-36-99-37-35-82-27-29-84(30-28-82)73-77-44-50(2)45-78-73/h13-15,18-19,39,44-47,49,52-54,56-57,59-65,68-69,89,94H,16-17,20-38,40-43,48H2,1-12H3,(H,81,93)/b15-13+,18-14+,51-19+,55-39+/t49-,52-,53-,54?,56-,57?,59+,60+,61-,62+,63-,64+,65-,68-,69+,76-/m1/s1. The number of nitrogens with one attached hydrogen (secondary N) is 1. The van der Waals surface area contributed by atoms with E-state index in [1.165, 1.54) is 12.0 Å². The largest absolute Gasteiger partial charge is 0.460 e. The van der Waals surface area contributed by atoms with E-state index in [1.807, 2.05) is 100 Å². The van der Waals surface area contributed by atoms with Crippen molar-refractivity contribution >= 4 is 47.3 Å². The predicted octanol–water partition coefficient (Wildman–Crippen LogP) is 7.33. The summed E-state index contributed by atoms with van der Waals surface area (Å²) in [6.45, 7) is 22.8. The number of aliphatic hydroxyl groups excluding tert-OH is 1. The average Bonchev–Trinajstić information content (AvgIpc) is 0.773. The molecule has 2 bridgehead atoms. The van der Waals surface area contributed by atoms with E-state index in [-0.39, 0.29) is 61.3 Å². The molecule has 6 aliphatic rings. The molecule has 102 heavy (non-hydrogen) atoms. The molecule has 0 spiro atoms. The minimum atomic E-state index is -2.45. The number of carbonyl (C=O) groups excluding carboxylic acids is 6. The number of Topliss-reactive ketones (excluding diaryl/α,β-unsaturated/α-hetero) is 2. The third-order valence-corrected chi connectivity index (χ3v) is 21.6. The number of rotatable bonds is 18. The smallest absolute Gasteiger partial charge is 0.407 e. The van der Waals surface area contributed by atoms with Crippen molar-refractivity contribution in [2.75, 3.05) is 117 Å². The minimum Gasteiger partial charge on any atom is -0.460 e. The minimum absolute atomic E-state index is 0.0129. The highest BCUT2D eigenvalue weighted by Crippen LogP contribution is 2.39. The number of aromatic nitrogens is 4. The monoisotopic (exact) mass is 1420 g/mol. The summed E-state index contributed by atoms with van der Waals surface area (Å²) in [5, 5.41) is 26.8. The molecule has 4 saturated heterocycles. The molecule has 566 valence electrons. The Labute approximate surface area is 603 Å². The third kappa shape index (κ3) is 22.5. The van der Waals surface area contributed by atoms with Gasteiger partial charge in [-0.3, -0.25) is 24.1 Å². The van der Waals surface area contributed by atoms with Crippen LogP contribution in [-0.4, -0.2) is 248 Å². The van der Waals surface area contributed by atoms with Gasteiger partial charge in [-0.05, 0) is 119 Å². The summed E-state index contributed by atoms with van der Waals surface area (Å²) in [7, 11) is 6.16. The van der Waals surface area contributed by atoms with Crippen LogP contribution in [-0.2, 0) is 68.4 Å². The average molecular weight is 1430 g/mol. The zero-order valence-electron chi connectivity index (χ0n) is 62.5. The van der Waals surface area contributed by atoms with Gasteiger partial charge >= 0.3 is 12.1 Å². The topological polar surface area (TPSA) is 297 Å². The van der Waals surface area contributed by atoms with Gasteiger partial charge < -0.3 is 73.0 Å². The van der Waals surface area contributed by atoms with Crippen molar-refractivity contribution in [1.29, 1.82) is 0 Å². The maximum atomic E-state index is 14.9. The number of hydrogen-bond donors (Lipinski definition) is 3. The lowest BCUT2D eigenvalue weighted by molar-refractivity contribution is -0.265. The van der Waals surface area contributed by atoms with Gasteiger partial charge in [0.15, 0.2) is 5.78 Å². The lowest BCUT2D eigenvalue weighted by Gasteiger charge is -2.43. The summed E-state index contributed by atoms with van der Waals surface area (Å²) in [6.07, 6.45) is 17.9. The van der Waals surface area contributed by atoms with Gasteiger partial charge in [0.2, 0.25) is 23.6 Å². The number of cyclic esters (lactones) is 1. The van der Waals surface area contributed by atoms with Gasteiger partial charge in [0, 0.05) is 161 Å². The number of methoxy groups -OCH3 is 4. The van der Waals surface area contributed by atoms with E-state index < -0.39 is 96.2 Å². The van der Waals surface area contributed by atoms with Gasteiger partial charge in [-0.1, -0.05) is 71.1 Å². The molecule has 0 radical (unpaired) electrons. The molecule has 8 rings (SSSR count). The maximum Gasteiger partial charge on any atom is 0.407 e. The highest BCUT2D eigenvalue weighted by molar-refractivity contribution is 6.39. The predicted molar refractivity (Wildman–Crippen MR) is 384 cm³/mol. The number of alkyl carbamates (subject to hydrolysis) is 1. The van der Waals surface area contributed by atoms with E-state index >= 15 is 0 Å². The van der Waals surface area contributed by atoms with Crippen molar-refractivity contribution in [3.63, 3.8) is 0 Å². The first-order valence-electron chi connectivity index (χ1n) is 37.0. The number of anilines is 2. The number of esters is 1. The van der Waals surface area contributed by atoms with Gasteiger partial charge in [-0.25, -0.2) is 29.5 Å². The zero-order chi connectivity index (χ0) is 73.6. The van der Waals surface area contributed by atoms with Crippen LogP contribution in [0.15, 0.2) is 72.4 Å². The molecule has 3 amide bonds. The number of piperidine rings is 1. The second-order valence-electron chi connectivity index (χ2n) is 29.2. The number of amides is 3. The number of nitrogens with zero attached hydrogens (tertiary/aromatic N) is 9. The first-order chi connectivity index (χ1) is 48.9. The first kappa shape index (κ1) is 81.1. The molecule has 26 nitrogen and oxygen atoms in total. The summed E-state index contributed by atoms with van der Waals surface area (Å²) in [4.78, 5) is 112. The fourth-order valence-corrected chi connectivity index (χ4v) is 15.1. The molecule has 5 aliphatic heterocycles. The Kier molecular flexibility index (Phi) is 31.4. The number of aryl methyl sites for hydroxylation is 1. The number of carbonyl (C=O) groups is 6. The third-order valence-electron chi connectivity index (χ3n) is 21.6. The van der Waals surface area contributed by atoms with Crippen molar-refractivity contribution in [3.05, 3.63) is 83.5 Å². The Morgan fingerprint density at radius 2 is 1.39 bits per heavy atom. The lowest BCUT2D eigenvalue weighted by atomic mass is 9.78. The molecule has 0 aromatic carbocycles. The van der Waals surface area contributed by atoms with E-state index in [1.54, 1.807) is 47.6 Å². The molecule has 1 saturated carbocycles. The number of piperazine rings is 2. The van der Waals surface area contributed by atoms with E-state index in [4.69, 9.17) is 37.9 Å². The normalized spacial score (nSPS) is 32.6. The Morgan fingerprint density at radius 1 is 0.716 bits per heavy atom. The van der Waals surface area contributed by atoms with Crippen molar-refractivity contribution in [2.24, 2.45) is 35.5 Å². The Balaban J connectivity index is 0.860. The van der Waals surface area contributed by atoms with Gasteiger partial charge in [-0.2, -0.15) is 0 Å². The lowest BCUT2D eigenvalue weighted by Crippen LogP contribution is -2.61. The van der Waals surface area contributed by atoms with Crippen molar-refractivity contribution in [1.82, 2.24) is 40.0 Å². The first-order valence-corrected chi connectivity index (χ1v) is 37.0. The van der Waals surface area contributed by atoms with Crippen LogP contribution < -0.4 is 15.1 Å². The van der Waals surface area contributed by atoms with E-state index in [0.717, 1.165) is 49.8 Å². The Hall–Kier alpha value is -6.62. The van der Waals surface area contributed by atoms with Crippen molar-refractivity contribution in [3.8, 4) is 0 Å². The van der Waals surface area contributed by atoms with Gasteiger partial charge in [0.25, 0.3) is 11.7 Å². The molecular formula is C76H116N10O16. The van der Waals surface area contributed by atoms with Gasteiger partial charge in [0.05, 0.1) is 44.1 Å². The fourth-order valence-electron chi connectivity index (χ4n) is 15.1. The summed E-state index contributed by atoms with van der Waals surface area (Å²) >= 11 is 0. The van der Waals surface area contributed by atoms with Crippen molar-refractivity contribution < 1.29 is 76.9 Å². The van der Waals surface area contributed by atoms with Crippen molar-refractivity contribution in [2.45, 2.75) is 206 Å². The van der Waals surface area contributed by atoms with E-state index in [2.05, 4.69) is 35.1 Å². The van der Waals surface area contributed by atoms with Crippen LogP contribution >= 0.6 is 0 Å². The second kappa shape index (κ2) is 39.5. The molecule has 2 aromatic heterocycles. The molecule has 5 fully saturated rings. The molecule has 1 aliphatic carbocycles. The molecular weight excluding hydrogens is 1310 g/mol. The second-order valence-corrected chi connectivity index (χ2v) is 29.2. The van der Waals surface area contributed by atoms with Crippen LogP contribution in [0.1, 0.15) is 143 Å². The number of hydrogen-bond acceptors (Lipinski definition) is 23. The molecule has 7 heterocycles. The zero-order valence-corrected chi connectivity index (χ0v) is 62.5. The molecule has 2 aromatic rings. The maximum absolute atomic E-state index is 14.9. The van der Waals surface area contributed by atoms with Crippen LogP contribution in [0.25, 0.3) is 0 Å².